The van der Waals surface area contributed by atoms with Crippen molar-refractivity contribution in [2.75, 3.05) is 5.32 Å². The fourth-order valence-electron chi connectivity index (χ4n) is 2.71. The number of hydrogen-bond acceptors (Lipinski definition) is 4. The van der Waals surface area contributed by atoms with Crippen LogP contribution in [-0.4, -0.2) is 5.91 Å². The van der Waals surface area contributed by atoms with Crippen LogP contribution in [0.3, 0.4) is 0 Å². The largest absolute Gasteiger partial charge is 0.484 e. The van der Waals surface area contributed by atoms with Gasteiger partial charge in [-0.25, -0.2) is 0 Å². The number of benzene rings is 3. The highest BCUT2D eigenvalue weighted by atomic mass is 35.5. The molecule has 0 unspecified atom stereocenters. The SMILES string of the molecule is O=C(Nc1ccc(Oc2ccccc2)cc1)c1ccc(COc2ccccc2Cl)o1. The summed E-state index contributed by atoms with van der Waals surface area (Å²) in [6.45, 7) is 0.169. The molecule has 1 heterocycles. The Labute approximate surface area is 178 Å². The van der Waals surface area contributed by atoms with Crippen molar-refractivity contribution in [3.05, 3.63) is 108 Å². The van der Waals surface area contributed by atoms with E-state index < -0.39 is 0 Å². The zero-order valence-corrected chi connectivity index (χ0v) is 16.6. The van der Waals surface area contributed by atoms with Crippen LogP contribution in [0.5, 0.6) is 17.2 Å². The maximum atomic E-state index is 12.4. The fraction of sp³-hybridized carbons (Fsp3) is 0.0417. The number of para-hydroxylation sites is 2. The van der Waals surface area contributed by atoms with E-state index in [0.29, 0.717) is 28.0 Å². The number of carbonyl (C=O) groups excluding carboxylic acids is 1. The second kappa shape index (κ2) is 9.20. The molecule has 0 aliphatic heterocycles. The lowest BCUT2D eigenvalue weighted by atomic mass is 10.3. The summed E-state index contributed by atoms with van der Waals surface area (Å²) < 4.78 is 16.9. The number of nitrogens with one attached hydrogen (secondary N) is 1. The monoisotopic (exact) mass is 419 g/mol. The third-order valence-corrected chi connectivity index (χ3v) is 4.50. The molecule has 150 valence electrons. The van der Waals surface area contributed by atoms with Gasteiger partial charge in [0.05, 0.1) is 5.02 Å². The summed E-state index contributed by atoms with van der Waals surface area (Å²) in [5.74, 6) is 2.34. The van der Waals surface area contributed by atoms with E-state index in [1.165, 1.54) is 0 Å². The Hall–Kier alpha value is -3.70. The van der Waals surface area contributed by atoms with Crippen LogP contribution in [-0.2, 0) is 6.61 Å². The van der Waals surface area contributed by atoms with E-state index >= 15 is 0 Å². The molecule has 6 heteroatoms. The van der Waals surface area contributed by atoms with Crippen LogP contribution >= 0.6 is 11.6 Å². The van der Waals surface area contributed by atoms with Gasteiger partial charge in [-0.1, -0.05) is 41.9 Å². The number of furan rings is 1. The first kappa shape index (κ1) is 19.6. The summed E-state index contributed by atoms with van der Waals surface area (Å²) in [5.41, 5.74) is 0.630. The molecule has 0 radical (unpaired) electrons. The minimum atomic E-state index is -0.351. The molecule has 0 fully saturated rings. The van der Waals surface area contributed by atoms with Crippen molar-refractivity contribution in [2.24, 2.45) is 0 Å². The Morgan fingerprint density at radius 2 is 1.53 bits per heavy atom. The maximum absolute atomic E-state index is 12.4. The predicted molar refractivity (Wildman–Crippen MR) is 115 cm³/mol. The summed E-state index contributed by atoms with van der Waals surface area (Å²) in [6, 6.07) is 27.1. The first-order valence-electron chi connectivity index (χ1n) is 9.28. The van der Waals surface area contributed by atoms with Crippen LogP contribution in [0, 0.1) is 0 Å². The number of hydrogen-bond donors (Lipinski definition) is 1. The van der Waals surface area contributed by atoms with Crippen molar-refractivity contribution in [1.82, 2.24) is 0 Å². The molecular weight excluding hydrogens is 402 g/mol. The Kier molecular flexibility index (Phi) is 6.01. The van der Waals surface area contributed by atoms with Gasteiger partial charge in [0, 0.05) is 5.69 Å². The van der Waals surface area contributed by atoms with Crippen LogP contribution in [0.15, 0.2) is 95.4 Å². The topological polar surface area (TPSA) is 60.7 Å². The van der Waals surface area contributed by atoms with Crippen LogP contribution in [0.1, 0.15) is 16.3 Å². The van der Waals surface area contributed by atoms with Gasteiger partial charge in [-0.2, -0.15) is 0 Å². The third kappa shape index (κ3) is 5.01. The van der Waals surface area contributed by atoms with Crippen molar-refractivity contribution in [3.8, 4) is 17.2 Å². The molecule has 0 spiro atoms. The lowest BCUT2D eigenvalue weighted by Gasteiger charge is -2.07. The van der Waals surface area contributed by atoms with Gasteiger partial charge in [0.1, 0.15) is 29.6 Å². The van der Waals surface area contributed by atoms with Crippen LogP contribution in [0.4, 0.5) is 5.69 Å². The Bertz CT molecular complexity index is 1120. The number of ether oxygens (including phenoxy) is 2. The van der Waals surface area contributed by atoms with E-state index in [2.05, 4.69) is 5.32 Å². The highest BCUT2D eigenvalue weighted by molar-refractivity contribution is 6.32. The van der Waals surface area contributed by atoms with Gasteiger partial charge in [-0.3, -0.25) is 4.79 Å². The van der Waals surface area contributed by atoms with E-state index in [4.69, 9.17) is 25.5 Å². The van der Waals surface area contributed by atoms with Crippen molar-refractivity contribution < 1.29 is 18.7 Å². The standard InChI is InChI=1S/C24H18ClNO4/c25-21-8-4-5-9-22(21)28-16-20-14-15-23(30-20)24(27)26-17-10-12-19(13-11-17)29-18-6-2-1-3-7-18/h1-15H,16H2,(H,26,27). The van der Waals surface area contributed by atoms with Gasteiger partial charge in [0.25, 0.3) is 5.91 Å². The molecule has 0 atom stereocenters. The minimum absolute atomic E-state index is 0.169. The van der Waals surface area contributed by atoms with Crippen molar-refractivity contribution in [3.63, 3.8) is 0 Å². The van der Waals surface area contributed by atoms with E-state index in [0.717, 1.165) is 5.75 Å². The van der Waals surface area contributed by atoms with E-state index in [1.54, 1.807) is 48.5 Å². The maximum Gasteiger partial charge on any atom is 0.291 e. The lowest BCUT2D eigenvalue weighted by molar-refractivity contribution is 0.0992. The summed E-state index contributed by atoms with van der Waals surface area (Å²) in [4.78, 5) is 12.4. The zero-order chi connectivity index (χ0) is 20.8. The van der Waals surface area contributed by atoms with Crippen molar-refractivity contribution >= 4 is 23.2 Å². The van der Waals surface area contributed by atoms with Gasteiger partial charge < -0.3 is 19.2 Å². The van der Waals surface area contributed by atoms with Gasteiger partial charge in [0.15, 0.2) is 5.76 Å². The molecule has 1 aromatic heterocycles. The Morgan fingerprint density at radius 1 is 0.833 bits per heavy atom. The lowest BCUT2D eigenvalue weighted by Crippen LogP contribution is -2.10. The molecular formula is C24H18ClNO4. The molecule has 3 aromatic carbocycles. The number of anilines is 1. The summed E-state index contributed by atoms with van der Waals surface area (Å²) in [6.07, 6.45) is 0. The average molecular weight is 420 g/mol. The van der Waals surface area contributed by atoms with E-state index in [1.807, 2.05) is 42.5 Å². The molecule has 5 nitrogen and oxygen atoms in total. The molecule has 0 saturated heterocycles. The quantitative estimate of drug-likeness (QED) is 0.368. The smallest absolute Gasteiger partial charge is 0.291 e. The number of rotatable bonds is 7. The van der Waals surface area contributed by atoms with E-state index in [-0.39, 0.29) is 18.3 Å². The normalized spacial score (nSPS) is 10.4. The van der Waals surface area contributed by atoms with E-state index in [9.17, 15) is 4.79 Å². The molecule has 4 rings (SSSR count). The summed E-state index contributed by atoms with van der Waals surface area (Å²) in [5, 5.41) is 3.31. The second-order valence-corrected chi connectivity index (χ2v) is 6.79. The minimum Gasteiger partial charge on any atom is -0.484 e. The van der Waals surface area contributed by atoms with Crippen LogP contribution in [0.25, 0.3) is 0 Å². The van der Waals surface area contributed by atoms with Crippen molar-refractivity contribution in [1.29, 1.82) is 0 Å². The van der Waals surface area contributed by atoms with Gasteiger partial charge >= 0.3 is 0 Å². The summed E-state index contributed by atoms with van der Waals surface area (Å²) in [7, 11) is 0. The number of amides is 1. The fourth-order valence-corrected chi connectivity index (χ4v) is 2.90. The molecule has 0 bridgehead atoms. The van der Waals surface area contributed by atoms with Gasteiger partial charge in [-0.05, 0) is 60.7 Å². The highest BCUT2D eigenvalue weighted by Gasteiger charge is 2.12. The highest BCUT2D eigenvalue weighted by Crippen LogP contribution is 2.25. The molecule has 1 N–H and O–H groups in total. The molecule has 4 aromatic rings. The van der Waals surface area contributed by atoms with Crippen LogP contribution in [0.2, 0.25) is 5.02 Å². The average Bonchev–Trinajstić information content (AvgIpc) is 3.25. The van der Waals surface area contributed by atoms with Crippen LogP contribution < -0.4 is 14.8 Å². The summed E-state index contributed by atoms with van der Waals surface area (Å²) >= 11 is 6.06. The number of carbonyl (C=O) groups is 1. The zero-order valence-electron chi connectivity index (χ0n) is 15.9. The second-order valence-electron chi connectivity index (χ2n) is 6.38. The first-order valence-corrected chi connectivity index (χ1v) is 9.65. The number of halogens is 1. The third-order valence-electron chi connectivity index (χ3n) is 4.18. The Balaban J connectivity index is 1.33. The molecule has 0 saturated carbocycles. The van der Waals surface area contributed by atoms with Gasteiger partial charge in [-0.15, -0.1) is 0 Å². The molecule has 30 heavy (non-hydrogen) atoms. The molecule has 0 aliphatic carbocycles. The molecule has 1 amide bonds. The van der Waals surface area contributed by atoms with Crippen molar-refractivity contribution in [2.45, 2.75) is 6.61 Å². The van der Waals surface area contributed by atoms with Gasteiger partial charge in [0.2, 0.25) is 0 Å². The first-order chi connectivity index (χ1) is 14.7. The Morgan fingerprint density at radius 3 is 2.30 bits per heavy atom. The molecule has 0 aliphatic rings. The predicted octanol–water partition coefficient (Wildman–Crippen LogP) is 6.56.